The zero-order valence-corrected chi connectivity index (χ0v) is 21.7. The predicted octanol–water partition coefficient (Wildman–Crippen LogP) is 5.22. The van der Waals surface area contributed by atoms with Gasteiger partial charge in [0.05, 0.1) is 41.2 Å². The maximum Gasteiger partial charge on any atom is 0.246 e. The molecule has 9 nitrogen and oxygen atoms in total. The number of thiazole rings is 1. The summed E-state index contributed by atoms with van der Waals surface area (Å²) in [6, 6.07) is 26.6. The molecule has 1 aliphatic rings. The van der Waals surface area contributed by atoms with Crippen molar-refractivity contribution in [3.05, 3.63) is 95.6 Å². The highest BCUT2D eigenvalue weighted by molar-refractivity contribution is 7.18. The number of para-hydroxylation sites is 2. The van der Waals surface area contributed by atoms with Gasteiger partial charge in [0.2, 0.25) is 5.91 Å². The number of ether oxygens (including phenoxy) is 1. The van der Waals surface area contributed by atoms with E-state index in [2.05, 4.69) is 11.5 Å². The number of amides is 1. The number of benzene rings is 3. The van der Waals surface area contributed by atoms with E-state index in [1.807, 2.05) is 85.1 Å². The van der Waals surface area contributed by atoms with Crippen molar-refractivity contribution in [2.24, 2.45) is 0 Å². The Morgan fingerprint density at radius 1 is 1.08 bits per heavy atom. The molecule has 1 saturated heterocycles. The third-order valence-corrected chi connectivity index (χ3v) is 7.74. The molecule has 2 N–H and O–H groups in total. The molecule has 192 valence electrons. The number of amidine groups is 1. The van der Waals surface area contributed by atoms with Crippen LogP contribution in [-0.4, -0.2) is 38.6 Å². The van der Waals surface area contributed by atoms with Gasteiger partial charge in [0.25, 0.3) is 0 Å². The van der Waals surface area contributed by atoms with E-state index < -0.39 is 12.0 Å². The van der Waals surface area contributed by atoms with Crippen LogP contribution in [0.2, 0.25) is 0 Å². The lowest BCUT2D eigenvalue weighted by Crippen LogP contribution is -2.41. The molecule has 0 radical (unpaired) electrons. The Kier molecular flexibility index (Phi) is 6.26. The molecule has 0 aliphatic carbocycles. The number of nitrogens with one attached hydrogen (secondary N) is 2. The normalized spacial score (nSPS) is 14.7. The third kappa shape index (κ3) is 4.49. The SMILES string of the molecule is COc1ccc(-c2nn(-c3ccccc3)cc2C(C(C#N)c2nc3ccccc3s2)N2NC(=O)CC2=N)cc1. The molecule has 3 heterocycles. The Balaban J connectivity index is 1.57. The van der Waals surface area contributed by atoms with Crippen LogP contribution < -0.4 is 10.2 Å². The minimum atomic E-state index is -0.799. The fourth-order valence-corrected chi connectivity index (χ4v) is 5.80. The smallest absolute Gasteiger partial charge is 0.246 e. The fourth-order valence-electron chi connectivity index (χ4n) is 4.76. The van der Waals surface area contributed by atoms with Crippen molar-refractivity contribution in [2.75, 3.05) is 7.11 Å². The monoisotopic (exact) mass is 533 g/mol. The highest BCUT2D eigenvalue weighted by Gasteiger charge is 2.41. The quantitative estimate of drug-likeness (QED) is 0.296. The molecule has 1 amide bonds. The van der Waals surface area contributed by atoms with Crippen LogP contribution in [0.15, 0.2) is 85.1 Å². The van der Waals surface area contributed by atoms with Crippen LogP contribution in [-0.2, 0) is 4.79 Å². The maximum atomic E-state index is 12.4. The second-order valence-electron chi connectivity index (χ2n) is 9.04. The molecule has 3 aromatic carbocycles. The van der Waals surface area contributed by atoms with Gasteiger partial charge in [-0.2, -0.15) is 10.4 Å². The van der Waals surface area contributed by atoms with Crippen molar-refractivity contribution in [2.45, 2.75) is 18.4 Å². The summed E-state index contributed by atoms with van der Waals surface area (Å²) < 4.78 is 8.07. The summed E-state index contributed by atoms with van der Waals surface area (Å²) in [6.07, 6.45) is 1.80. The second kappa shape index (κ2) is 10.0. The molecule has 2 aromatic heterocycles. The molecule has 1 fully saturated rings. The van der Waals surface area contributed by atoms with Gasteiger partial charge in [-0.1, -0.05) is 30.3 Å². The fraction of sp³-hybridized carbons (Fsp3) is 0.138. The van der Waals surface area contributed by atoms with Crippen LogP contribution in [0.3, 0.4) is 0 Å². The number of carbonyl (C=O) groups is 1. The van der Waals surface area contributed by atoms with Crippen LogP contribution in [0.1, 0.15) is 29.0 Å². The zero-order chi connectivity index (χ0) is 26.9. The third-order valence-electron chi connectivity index (χ3n) is 6.62. The van der Waals surface area contributed by atoms with Gasteiger partial charge in [-0.15, -0.1) is 11.3 Å². The number of rotatable bonds is 7. The lowest BCUT2D eigenvalue weighted by Gasteiger charge is -2.31. The van der Waals surface area contributed by atoms with E-state index in [1.54, 1.807) is 11.8 Å². The van der Waals surface area contributed by atoms with Gasteiger partial charge in [-0.3, -0.25) is 20.6 Å². The summed E-state index contributed by atoms with van der Waals surface area (Å²) in [4.78, 5) is 17.2. The largest absolute Gasteiger partial charge is 0.497 e. The Labute approximate surface area is 228 Å². The minimum Gasteiger partial charge on any atom is -0.497 e. The number of nitrogens with zero attached hydrogens (tertiary/aromatic N) is 5. The molecule has 0 spiro atoms. The minimum absolute atomic E-state index is 0.0703. The molecule has 6 rings (SSSR count). The maximum absolute atomic E-state index is 12.4. The van der Waals surface area contributed by atoms with Crippen LogP contribution in [0.4, 0.5) is 0 Å². The first-order valence-electron chi connectivity index (χ1n) is 12.3. The molecule has 5 aromatic rings. The number of fused-ring (bicyclic) bond motifs is 1. The lowest BCUT2D eigenvalue weighted by molar-refractivity contribution is -0.121. The van der Waals surface area contributed by atoms with Crippen molar-refractivity contribution >= 4 is 33.3 Å². The van der Waals surface area contributed by atoms with Gasteiger partial charge in [0.15, 0.2) is 0 Å². The van der Waals surface area contributed by atoms with Crippen LogP contribution in [0.25, 0.3) is 27.2 Å². The second-order valence-corrected chi connectivity index (χ2v) is 10.1. The molecular formula is C29H23N7O2S. The summed E-state index contributed by atoms with van der Waals surface area (Å²) in [5.41, 5.74) is 6.56. The molecule has 0 bridgehead atoms. The van der Waals surface area contributed by atoms with Gasteiger partial charge >= 0.3 is 0 Å². The summed E-state index contributed by atoms with van der Waals surface area (Å²) >= 11 is 1.44. The number of hydrazine groups is 1. The van der Waals surface area contributed by atoms with Crippen LogP contribution in [0.5, 0.6) is 5.75 Å². The highest BCUT2D eigenvalue weighted by Crippen LogP contribution is 2.43. The molecular weight excluding hydrogens is 510 g/mol. The van der Waals surface area contributed by atoms with Gasteiger partial charge in [0.1, 0.15) is 28.6 Å². The van der Waals surface area contributed by atoms with E-state index in [1.165, 1.54) is 16.3 Å². The topological polar surface area (TPSA) is 120 Å². The standard InChI is InChI=1S/C29H23N7O2S/c1-38-20-13-11-18(12-14-20)27-22(17-35(34-27)19-7-3-2-4-8-19)28(36-25(31)15-26(37)33-36)21(16-30)29-32-23-9-5-6-10-24(23)39-29/h2-14,17,21,28,31H,15H2,1H3,(H,33,37). The van der Waals surface area contributed by atoms with Crippen molar-refractivity contribution in [1.82, 2.24) is 25.2 Å². The Hall–Kier alpha value is -5.01. The van der Waals surface area contributed by atoms with Gasteiger partial charge < -0.3 is 4.74 Å². The van der Waals surface area contributed by atoms with Crippen LogP contribution >= 0.6 is 11.3 Å². The molecule has 10 heteroatoms. The van der Waals surface area contributed by atoms with E-state index in [9.17, 15) is 10.1 Å². The summed E-state index contributed by atoms with van der Waals surface area (Å²) in [7, 11) is 1.61. The van der Waals surface area contributed by atoms with E-state index in [4.69, 9.17) is 20.2 Å². The van der Waals surface area contributed by atoms with E-state index in [0.717, 1.165) is 21.5 Å². The van der Waals surface area contributed by atoms with Crippen molar-refractivity contribution in [3.8, 4) is 28.8 Å². The van der Waals surface area contributed by atoms with E-state index in [0.29, 0.717) is 22.0 Å². The average molecular weight is 534 g/mol. The van der Waals surface area contributed by atoms with Gasteiger partial charge in [0, 0.05) is 17.3 Å². The summed E-state index contributed by atoms with van der Waals surface area (Å²) in [6.45, 7) is 0. The van der Waals surface area contributed by atoms with E-state index >= 15 is 0 Å². The number of hydrogen-bond donors (Lipinski definition) is 2. The first-order valence-corrected chi connectivity index (χ1v) is 13.1. The van der Waals surface area contributed by atoms with Crippen molar-refractivity contribution in [1.29, 1.82) is 10.7 Å². The molecule has 2 atom stereocenters. The number of nitriles is 1. The molecule has 0 saturated carbocycles. The molecule has 2 unspecified atom stereocenters. The Morgan fingerprint density at radius 2 is 1.82 bits per heavy atom. The molecule has 1 aliphatic heterocycles. The number of hydrogen-bond acceptors (Lipinski definition) is 7. The Bertz CT molecular complexity index is 1690. The first kappa shape index (κ1) is 24.3. The van der Waals surface area contributed by atoms with Crippen molar-refractivity contribution < 1.29 is 9.53 Å². The number of carbonyl (C=O) groups excluding carboxylic acids is 1. The lowest BCUT2D eigenvalue weighted by atomic mass is 9.92. The van der Waals surface area contributed by atoms with Gasteiger partial charge in [-0.05, 0) is 48.5 Å². The zero-order valence-electron chi connectivity index (χ0n) is 20.9. The Morgan fingerprint density at radius 3 is 2.49 bits per heavy atom. The predicted molar refractivity (Wildman–Crippen MR) is 149 cm³/mol. The number of methoxy groups -OCH3 is 1. The number of aromatic nitrogens is 3. The van der Waals surface area contributed by atoms with Crippen LogP contribution in [0, 0.1) is 16.7 Å². The summed E-state index contributed by atoms with van der Waals surface area (Å²) in [5, 5.41) is 26.2. The average Bonchev–Trinajstić information content (AvgIpc) is 3.68. The molecule has 39 heavy (non-hydrogen) atoms. The van der Waals surface area contributed by atoms with E-state index in [-0.39, 0.29) is 18.2 Å². The first-order chi connectivity index (χ1) is 19.1. The van der Waals surface area contributed by atoms with Gasteiger partial charge in [-0.25, -0.2) is 9.67 Å². The highest BCUT2D eigenvalue weighted by atomic mass is 32.1. The van der Waals surface area contributed by atoms with Crippen molar-refractivity contribution in [3.63, 3.8) is 0 Å². The summed E-state index contributed by atoms with van der Waals surface area (Å²) in [5.74, 6) is -0.309.